The van der Waals surface area contributed by atoms with Crippen molar-refractivity contribution >= 4 is 39.2 Å². The fraction of sp³-hybridized carbons (Fsp3) is 0.0588. The van der Waals surface area contributed by atoms with Crippen LogP contribution in [0, 0.1) is 0 Å². The van der Waals surface area contributed by atoms with Gasteiger partial charge in [0.05, 0.1) is 12.8 Å². The molecule has 0 atom stereocenters. The van der Waals surface area contributed by atoms with Gasteiger partial charge in [0.15, 0.2) is 10.9 Å². The van der Waals surface area contributed by atoms with Gasteiger partial charge in [-0.25, -0.2) is 0 Å². The summed E-state index contributed by atoms with van der Waals surface area (Å²) in [5, 5.41) is 5.67. The van der Waals surface area contributed by atoms with Crippen molar-refractivity contribution in [1.29, 1.82) is 0 Å². The number of nitrogens with one attached hydrogen (secondary N) is 2. The minimum absolute atomic E-state index is 0.203. The molecule has 0 unspecified atom stereocenters. The number of benzene rings is 1. The lowest BCUT2D eigenvalue weighted by atomic mass is 10.2. The Morgan fingerprint density at radius 3 is 2.62 bits per heavy atom. The molecule has 1 aromatic carbocycles. The van der Waals surface area contributed by atoms with Gasteiger partial charge in [0.2, 0.25) is 0 Å². The average molecular weight is 405 g/mol. The lowest BCUT2D eigenvalue weighted by Crippen LogP contribution is -2.38. The molecule has 3 aromatic rings. The van der Waals surface area contributed by atoms with Crippen LogP contribution in [0.2, 0.25) is 0 Å². The van der Waals surface area contributed by atoms with E-state index in [0.717, 1.165) is 15.8 Å². The van der Waals surface area contributed by atoms with E-state index in [9.17, 15) is 4.79 Å². The van der Waals surface area contributed by atoms with E-state index in [2.05, 4.69) is 26.6 Å². The average Bonchev–Trinajstić information content (AvgIpc) is 3.25. The predicted octanol–water partition coefficient (Wildman–Crippen LogP) is 4.11. The first-order chi connectivity index (χ1) is 11.6. The van der Waals surface area contributed by atoms with Crippen LogP contribution in [-0.2, 0) is 6.54 Å². The van der Waals surface area contributed by atoms with Gasteiger partial charge in [-0.2, -0.15) is 0 Å². The molecule has 2 aromatic heterocycles. The Hall–Kier alpha value is -2.38. The van der Waals surface area contributed by atoms with Crippen LogP contribution in [0.25, 0.3) is 11.3 Å². The highest BCUT2D eigenvalue weighted by Crippen LogP contribution is 2.23. The van der Waals surface area contributed by atoms with Gasteiger partial charge in [0, 0.05) is 10.0 Å². The van der Waals surface area contributed by atoms with E-state index in [1.54, 1.807) is 12.1 Å². The molecule has 1 amide bonds. The highest BCUT2D eigenvalue weighted by atomic mass is 79.9. The summed E-state index contributed by atoms with van der Waals surface area (Å²) in [6.45, 7) is 0.369. The zero-order valence-electron chi connectivity index (χ0n) is 12.4. The lowest BCUT2D eigenvalue weighted by molar-refractivity contribution is 0.0949. The number of furan rings is 2. The van der Waals surface area contributed by atoms with Gasteiger partial charge < -0.3 is 14.2 Å². The normalized spacial score (nSPS) is 10.4. The molecule has 0 aliphatic rings. The molecule has 7 heteroatoms. The van der Waals surface area contributed by atoms with Crippen molar-refractivity contribution in [1.82, 2.24) is 10.6 Å². The molecular weight excluding hydrogens is 392 g/mol. The lowest BCUT2D eigenvalue weighted by Gasteiger charge is -2.07. The van der Waals surface area contributed by atoms with Gasteiger partial charge in [0.1, 0.15) is 11.5 Å². The molecule has 0 saturated carbocycles. The second-order valence-electron chi connectivity index (χ2n) is 4.89. The fourth-order valence-corrected chi connectivity index (χ4v) is 2.46. The predicted molar refractivity (Wildman–Crippen MR) is 97.5 cm³/mol. The first-order valence-corrected chi connectivity index (χ1v) is 8.29. The molecule has 0 spiro atoms. The zero-order chi connectivity index (χ0) is 16.9. The van der Waals surface area contributed by atoms with Crippen LogP contribution in [0.1, 0.15) is 16.3 Å². The molecule has 5 nitrogen and oxygen atoms in total. The molecule has 0 saturated heterocycles. The van der Waals surface area contributed by atoms with E-state index in [1.807, 2.05) is 36.4 Å². The Morgan fingerprint density at radius 1 is 1.12 bits per heavy atom. The van der Waals surface area contributed by atoms with Crippen LogP contribution in [0.4, 0.5) is 0 Å². The molecule has 0 fully saturated rings. The minimum Gasteiger partial charge on any atom is -0.459 e. The fourth-order valence-electron chi connectivity index (χ4n) is 2.03. The summed E-state index contributed by atoms with van der Waals surface area (Å²) < 4.78 is 11.8. The topological polar surface area (TPSA) is 67.4 Å². The first-order valence-electron chi connectivity index (χ1n) is 7.09. The maximum absolute atomic E-state index is 11.8. The van der Waals surface area contributed by atoms with E-state index in [1.165, 1.54) is 6.26 Å². The highest BCUT2D eigenvalue weighted by molar-refractivity contribution is 9.10. The van der Waals surface area contributed by atoms with Crippen LogP contribution < -0.4 is 10.6 Å². The van der Waals surface area contributed by atoms with Gasteiger partial charge in [-0.15, -0.1) is 0 Å². The van der Waals surface area contributed by atoms with Crippen LogP contribution >= 0.6 is 28.1 Å². The van der Waals surface area contributed by atoms with Crippen LogP contribution in [-0.4, -0.2) is 11.0 Å². The number of thiocarbonyl (C=S) groups is 1. The number of hydrogen-bond donors (Lipinski definition) is 2. The summed E-state index contributed by atoms with van der Waals surface area (Å²) in [6, 6.07) is 14.8. The monoisotopic (exact) mass is 404 g/mol. The highest BCUT2D eigenvalue weighted by Gasteiger charge is 2.11. The number of rotatable bonds is 4. The number of carbonyl (C=O) groups is 1. The number of amides is 1. The molecule has 3 rings (SSSR count). The van der Waals surface area contributed by atoms with Crippen LogP contribution in [0.5, 0.6) is 0 Å². The molecule has 2 N–H and O–H groups in total. The molecule has 0 aliphatic carbocycles. The summed E-state index contributed by atoms with van der Waals surface area (Å²) in [4.78, 5) is 11.8. The second kappa shape index (κ2) is 7.46. The molecule has 0 bridgehead atoms. The van der Waals surface area contributed by atoms with E-state index in [-0.39, 0.29) is 10.9 Å². The van der Waals surface area contributed by atoms with Crippen molar-refractivity contribution in [2.24, 2.45) is 0 Å². The van der Waals surface area contributed by atoms with Crippen molar-refractivity contribution < 1.29 is 13.6 Å². The third-order valence-corrected chi connectivity index (χ3v) is 3.96. The molecule has 0 radical (unpaired) electrons. The van der Waals surface area contributed by atoms with Gasteiger partial charge in [-0.3, -0.25) is 10.1 Å². The van der Waals surface area contributed by atoms with Crippen molar-refractivity contribution in [3.8, 4) is 11.3 Å². The van der Waals surface area contributed by atoms with Crippen LogP contribution in [0.3, 0.4) is 0 Å². The molecule has 2 heterocycles. The minimum atomic E-state index is -0.396. The van der Waals surface area contributed by atoms with Gasteiger partial charge in [-0.1, -0.05) is 28.1 Å². The maximum atomic E-state index is 11.8. The summed E-state index contributed by atoms with van der Waals surface area (Å²) in [7, 11) is 0. The van der Waals surface area contributed by atoms with Gasteiger partial charge in [0.25, 0.3) is 5.91 Å². The third kappa shape index (κ3) is 4.12. The standard InChI is InChI=1S/C17H13BrN2O3S/c18-12-5-3-11(4-6-12)14-8-7-13(23-14)10-19-17(24)20-16(21)15-2-1-9-22-15/h1-9H,10H2,(H2,19,20,21,24). The quantitative estimate of drug-likeness (QED) is 0.640. The van der Waals surface area contributed by atoms with E-state index in [4.69, 9.17) is 21.1 Å². The second-order valence-corrected chi connectivity index (χ2v) is 6.21. The van der Waals surface area contributed by atoms with E-state index < -0.39 is 5.91 Å². The maximum Gasteiger partial charge on any atom is 0.293 e. The van der Waals surface area contributed by atoms with Crippen LogP contribution in [0.15, 0.2) is 68.1 Å². The van der Waals surface area contributed by atoms with Crippen molar-refractivity contribution in [3.05, 3.63) is 70.8 Å². The van der Waals surface area contributed by atoms with E-state index >= 15 is 0 Å². The van der Waals surface area contributed by atoms with Gasteiger partial charge >= 0.3 is 0 Å². The first kappa shape index (κ1) is 16.5. The van der Waals surface area contributed by atoms with Gasteiger partial charge in [-0.05, 0) is 48.6 Å². The molecule has 122 valence electrons. The summed E-state index contributed by atoms with van der Waals surface area (Å²) in [5.41, 5.74) is 0.984. The molecule has 0 aliphatic heterocycles. The Bertz CT molecular complexity index is 841. The summed E-state index contributed by atoms with van der Waals surface area (Å²) >= 11 is 8.49. The molecular formula is C17H13BrN2O3S. The third-order valence-electron chi connectivity index (χ3n) is 3.19. The Morgan fingerprint density at radius 2 is 1.92 bits per heavy atom. The largest absolute Gasteiger partial charge is 0.459 e. The number of halogens is 1. The van der Waals surface area contributed by atoms with Crippen molar-refractivity contribution in [2.45, 2.75) is 6.54 Å². The summed E-state index contributed by atoms with van der Waals surface area (Å²) in [6.07, 6.45) is 1.43. The Kier molecular flexibility index (Phi) is 5.12. The molecule has 24 heavy (non-hydrogen) atoms. The Balaban J connectivity index is 1.54. The Labute approximate surface area is 152 Å². The zero-order valence-corrected chi connectivity index (χ0v) is 14.8. The summed E-state index contributed by atoms with van der Waals surface area (Å²) in [5.74, 6) is 1.29. The van der Waals surface area contributed by atoms with Crippen molar-refractivity contribution in [2.75, 3.05) is 0 Å². The number of hydrogen-bond acceptors (Lipinski definition) is 4. The van der Waals surface area contributed by atoms with E-state index in [0.29, 0.717) is 12.3 Å². The van der Waals surface area contributed by atoms with Crippen molar-refractivity contribution in [3.63, 3.8) is 0 Å². The number of carbonyl (C=O) groups excluding carboxylic acids is 1. The smallest absolute Gasteiger partial charge is 0.293 e. The SMILES string of the molecule is O=C(NC(=S)NCc1ccc(-c2ccc(Br)cc2)o1)c1ccco1.